The summed E-state index contributed by atoms with van der Waals surface area (Å²) in [6, 6.07) is 7.95. The number of rotatable bonds is 5. The van der Waals surface area contributed by atoms with Gasteiger partial charge in [-0.2, -0.15) is 0 Å². The van der Waals surface area contributed by atoms with Crippen molar-refractivity contribution in [1.29, 1.82) is 0 Å². The second-order valence-corrected chi connectivity index (χ2v) is 3.42. The number of carbonyl (C=O) groups is 1. The van der Waals surface area contributed by atoms with Crippen LogP contribution < -0.4 is 5.32 Å². The zero-order chi connectivity index (χ0) is 10.4. The Bertz CT molecular complexity index is 296. The monoisotopic (exact) mass is 191 g/mol. The molecular weight excluding hydrogens is 174 g/mol. The van der Waals surface area contributed by atoms with Crippen LogP contribution in [-0.2, 0) is 0 Å². The Kier molecular flexibility index (Phi) is 4.33. The smallest absolute Gasteiger partial charge is 0.150 e. The van der Waals surface area contributed by atoms with Crippen molar-refractivity contribution in [3.8, 4) is 0 Å². The molecule has 76 valence electrons. The highest BCUT2D eigenvalue weighted by Crippen LogP contribution is 2.15. The minimum absolute atomic E-state index is 0.247. The molecule has 2 nitrogen and oxygen atoms in total. The van der Waals surface area contributed by atoms with Crippen molar-refractivity contribution < 1.29 is 4.79 Å². The molecule has 0 fully saturated rings. The van der Waals surface area contributed by atoms with Crippen molar-refractivity contribution >= 4 is 6.29 Å². The molecule has 1 rings (SSSR count). The lowest BCUT2D eigenvalue weighted by molar-refractivity contribution is 0.112. The van der Waals surface area contributed by atoms with Gasteiger partial charge in [-0.3, -0.25) is 4.79 Å². The van der Waals surface area contributed by atoms with Crippen LogP contribution in [0.25, 0.3) is 0 Å². The number of carbonyl (C=O) groups excluding carboxylic acids is 1. The summed E-state index contributed by atoms with van der Waals surface area (Å²) in [5, 5.41) is 3.36. The fourth-order valence-corrected chi connectivity index (χ4v) is 1.48. The number of hydrogen-bond donors (Lipinski definition) is 1. The van der Waals surface area contributed by atoms with E-state index in [4.69, 9.17) is 0 Å². The molecule has 0 bridgehead atoms. The molecule has 0 radical (unpaired) electrons. The van der Waals surface area contributed by atoms with Crippen LogP contribution >= 0.6 is 0 Å². The van der Waals surface area contributed by atoms with E-state index in [2.05, 4.69) is 19.2 Å². The lowest BCUT2D eigenvalue weighted by Crippen LogP contribution is -2.20. The second-order valence-electron chi connectivity index (χ2n) is 3.42. The van der Waals surface area contributed by atoms with E-state index < -0.39 is 0 Å². The summed E-state index contributed by atoms with van der Waals surface area (Å²) in [7, 11) is 0. The Morgan fingerprint density at radius 3 is 2.79 bits per heavy atom. The van der Waals surface area contributed by atoms with Crippen molar-refractivity contribution in [1.82, 2.24) is 5.32 Å². The zero-order valence-corrected chi connectivity index (χ0v) is 8.79. The first kappa shape index (κ1) is 10.9. The summed E-state index contributed by atoms with van der Waals surface area (Å²) < 4.78 is 0. The molecule has 1 atom stereocenters. The highest BCUT2D eigenvalue weighted by molar-refractivity contribution is 5.77. The zero-order valence-electron chi connectivity index (χ0n) is 8.79. The summed E-state index contributed by atoms with van der Waals surface area (Å²) in [4.78, 5) is 10.8. The van der Waals surface area contributed by atoms with Crippen molar-refractivity contribution in [2.75, 3.05) is 6.54 Å². The quantitative estimate of drug-likeness (QED) is 0.725. The molecule has 0 amide bonds. The molecule has 0 aliphatic heterocycles. The Balaban J connectivity index is 2.77. The van der Waals surface area contributed by atoms with Crippen LogP contribution in [0, 0.1) is 0 Å². The maximum Gasteiger partial charge on any atom is 0.150 e. The summed E-state index contributed by atoms with van der Waals surface area (Å²) in [6.45, 7) is 5.19. The lowest BCUT2D eigenvalue weighted by atomic mass is 10.0. The lowest BCUT2D eigenvalue weighted by Gasteiger charge is -2.15. The fourth-order valence-electron chi connectivity index (χ4n) is 1.48. The summed E-state index contributed by atoms with van der Waals surface area (Å²) in [6.07, 6.45) is 2.02. The molecule has 0 saturated carbocycles. The molecule has 1 aromatic carbocycles. The molecule has 1 N–H and O–H groups in total. The molecule has 0 aliphatic carbocycles. The van der Waals surface area contributed by atoms with Crippen LogP contribution in [0.15, 0.2) is 24.3 Å². The third kappa shape index (κ3) is 2.67. The number of benzene rings is 1. The minimum atomic E-state index is 0.247. The molecule has 0 spiro atoms. The first-order chi connectivity index (χ1) is 6.79. The van der Waals surface area contributed by atoms with Gasteiger partial charge in [0, 0.05) is 11.6 Å². The number of nitrogens with one attached hydrogen (secondary N) is 1. The van der Waals surface area contributed by atoms with Crippen LogP contribution in [0.3, 0.4) is 0 Å². The minimum Gasteiger partial charge on any atom is -0.310 e. The van der Waals surface area contributed by atoms with Gasteiger partial charge in [0.15, 0.2) is 0 Å². The average Bonchev–Trinajstić information content (AvgIpc) is 2.25. The van der Waals surface area contributed by atoms with Gasteiger partial charge in [0.25, 0.3) is 0 Å². The maximum absolute atomic E-state index is 10.8. The van der Waals surface area contributed by atoms with Gasteiger partial charge in [-0.15, -0.1) is 0 Å². The van der Waals surface area contributed by atoms with E-state index >= 15 is 0 Å². The van der Waals surface area contributed by atoms with Crippen molar-refractivity contribution in [2.45, 2.75) is 26.3 Å². The first-order valence-corrected chi connectivity index (χ1v) is 5.07. The second kappa shape index (κ2) is 5.55. The topological polar surface area (TPSA) is 29.1 Å². The average molecular weight is 191 g/mol. The van der Waals surface area contributed by atoms with Crippen LogP contribution in [-0.4, -0.2) is 12.8 Å². The molecular formula is C12H17NO. The Hall–Kier alpha value is -1.15. The van der Waals surface area contributed by atoms with Gasteiger partial charge in [-0.25, -0.2) is 0 Å². The van der Waals surface area contributed by atoms with E-state index in [9.17, 15) is 4.79 Å². The van der Waals surface area contributed by atoms with Crippen molar-refractivity contribution in [2.24, 2.45) is 0 Å². The van der Waals surface area contributed by atoms with E-state index in [1.807, 2.05) is 24.3 Å². The standard InChI is InChI=1S/C12H17NO/c1-3-8-13-10(2)12-7-5-4-6-11(12)9-14/h4-7,9-10,13H,3,8H2,1-2H3. The number of hydrogen-bond acceptors (Lipinski definition) is 2. The summed E-state index contributed by atoms with van der Waals surface area (Å²) in [5.74, 6) is 0. The first-order valence-electron chi connectivity index (χ1n) is 5.07. The van der Waals surface area contributed by atoms with Crippen molar-refractivity contribution in [3.05, 3.63) is 35.4 Å². The Labute approximate surface area is 85.3 Å². The van der Waals surface area contributed by atoms with E-state index in [0.29, 0.717) is 0 Å². The van der Waals surface area contributed by atoms with Crippen LogP contribution in [0.5, 0.6) is 0 Å². The van der Waals surface area contributed by atoms with Crippen LogP contribution in [0.4, 0.5) is 0 Å². The molecule has 1 aromatic rings. The Morgan fingerprint density at radius 1 is 1.43 bits per heavy atom. The van der Waals surface area contributed by atoms with E-state index in [-0.39, 0.29) is 6.04 Å². The molecule has 1 unspecified atom stereocenters. The van der Waals surface area contributed by atoms with Gasteiger partial charge >= 0.3 is 0 Å². The molecule has 0 saturated heterocycles. The predicted molar refractivity (Wildman–Crippen MR) is 58.5 cm³/mol. The third-order valence-corrected chi connectivity index (χ3v) is 2.29. The normalized spacial score (nSPS) is 12.4. The molecule has 14 heavy (non-hydrogen) atoms. The van der Waals surface area contributed by atoms with Gasteiger partial charge in [-0.05, 0) is 25.5 Å². The fraction of sp³-hybridized carbons (Fsp3) is 0.417. The Morgan fingerprint density at radius 2 is 2.14 bits per heavy atom. The van der Waals surface area contributed by atoms with E-state index in [0.717, 1.165) is 30.4 Å². The largest absolute Gasteiger partial charge is 0.310 e. The highest BCUT2D eigenvalue weighted by atomic mass is 16.1. The SMILES string of the molecule is CCCNC(C)c1ccccc1C=O. The highest BCUT2D eigenvalue weighted by Gasteiger charge is 2.07. The predicted octanol–water partition coefficient (Wildman–Crippen LogP) is 2.56. The molecule has 2 heteroatoms. The summed E-state index contributed by atoms with van der Waals surface area (Å²) >= 11 is 0. The van der Waals surface area contributed by atoms with Crippen molar-refractivity contribution in [3.63, 3.8) is 0 Å². The summed E-state index contributed by atoms with van der Waals surface area (Å²) in [5.41, 5.74) is 1.86. The van der Waals surface area contributed by atoms with E-state index in [1.165, 1.54) is 0 Å². The van der Waals surface area contributed by atoms with Crippen LogP contribution in [0.2, 0.25) is 0 Å². The molecule has 0 heterocycles. The number of aldehydes is 1. The van der Waals surface area contributed by atoms with Crippen LogP contribution in [0.1, 0.15) is 42.2 Å². The van der Waals surface area contributed by atoms with Gasteiger partial charge < -0.3 is 5.32 Å². The van der Waals surface area contributed by atoms with Gasteiger partial charge in [0.2, 0.25) is 0 Å². The molecule has 0 aliphatic rings. The van der Waals surface area contributed by atoms with Gasteiger partial charge in [0.1, 0.15) is 6.29 Å². The van der Waals surface area contributed by atoms with E-state index in [1.54, 1.807) is 0 Å². The van der Waals surface area contributed by atoms with Gasteiger partial charge in [0.05, 0.1) is 0 Å². The third-order valence-electron chi connectivity index (χ3n) is 2.29. The maximum atomic E-state index is 10.8. The van der Waals surface area contributed by atoms with Gasteiger partial charge in [-0.1, -0.05) is 31.2 Å². The molecule has 0 aromatic heterocycles.